The van der Waals surface area contributed by atoms with Crippen molar-refractivity contribution in [2.45, 2.75) is 69.7 Å². The third-order valence-electron chi connectivity index (χ3n) is 7.23. The molecule has 2 aliphatic rings. The summed E-state index contributed by atoms with van der Waals surface area (Å²) in [5.74, 6) is -0.247. The third-order valence-corrected chi connectivity index (χ3v) is 7.23. The number of aromatic nitrogens is 1. The van der Waals surface area contributed by atoms with Crippen molar-refractivity contribution in [1.29, 1.82) is 0 Å². The summed E-state index contributed by atoms with van der Waals surface area (Å²) in [7, 11) is 3.39. The Bertz CT molecular complexity index is 911. The van der Waals surface area contributed by atoms with E-state index in [4.69, 9.17) is 18.6 Å². The van der Waals surface area contributed by atoms with Gasteiger partial charge in [-0.05, 0) is 63.1 Å². The Balaban J connectivity index is 0.00000289. The van der Waals surface area contributed by atoms with Gasteiger partial charge in [0.05, 0.1) is 31.4 Å². The highest BCUT2D eigenvalue weighted by molar-refractivity contribution is 5.85. The zero-order valence-corrected chi connectivity index (χ0v) is 20.3. The van der Waals surface area contributed by atoms with Crippen LogP contribution in [0.15, 0.2) is 27.4 Å². The molecular weight excluding hydrogens is 432 g/mol. The van der Waals surface area contributed by atoms with E-state index in [-0.39, 0.29) is 29.7 Å². The number of hydrogen-bond acceptors (Lipinski definition) is 6. The van der Waals surface area contributed by atoms with Crippen LogP contribution in [0.1, 0.15) is 57.1 Å². The quantitative estimate of drug-likeness (QED) is 0.542. The predicted octanol–water partition coefficient (Wildman–Crippen LogP) is 4.16. The first kappa shape index (κ1) is 25.2. The van der Waals surface area contributed by atoms with Gasteiger partial charge in [0.1, 0.15) is 0 Å². The van der Waals surface area contributed by atoms with Crippen LogP contribution in [0.3, 0.4) is 0 Å². The zero-order valence-electron chi connectivity index (χ0n) is 19.5. The van der Waals surface area contributed by atoms with Gasteiger partial charge in [-0.25, -0.2) is 4.79 Å². The van der Waals surface area contributed by atoms with E-state index in [0.717, 1.165) is 62.7 Å². The molecule has 180 valence electrons. The van der Waals surface area contributed by atoms with Gasteiger partial charge in [0.2, 0.25) is 0 Å². The smallest absolute Gasteiger partial charge is 0.408 e. The van der Waals surface area contributed by atoms with Gasteiger partial charge in [-0.15, -0.1) is 12.4 Å². The molecule has 1 saturated heterocycles. The van der Waals surface area contributed by atoms with Crippen molar-refractivity contribution >= 4 is 23.5 Å². The van der Waals surface area contributed by atoms with E-state index in [1.54, 1.807) is 14.2 Å². The monoisotopic (exact) mass is 468 g/mol. The number of hydrogen-bond donors (Lipinski definition) is 0. The maximum absolute atomic E-state index is 12.6. The summed E-state index contributed by atoms with van der Waals surface area (Å²) in [6.07, 6.45) is 6.81. The van der Waals surface area contributed by atoms with Crippen molar-refractivity contribution in [2.75, 3.05) is 40.5 Å². The van der Waals surface area contributed by atoms with Crippen molar-refractivity contribution in [2.24, 2.45) is 0 Å². The summed E-state index contributed by atoms with van der Waals surface area (Å²) in [5, 5.41) is 0. The van der Waals surface area contributed by atoms with E-state index in [0.29, 0.717) is 31.5 Å². The fourth-order valence-electron chi connectivity index (χ4n) is 5.34. The van der Waals surface area contributed by atoms with Crippen LogP contribution >= 0.6 is 12.4 Å². The molecule has 7 nitrogen and oxygen atoms in total. The molecule has 0 atom stereocenters. The number of fused-ring (bicyclic) bond motifs is 1. The molecule has 0 N–H and O–H groups in total. The van der Waals surface area contributed by atoms with E-state index < -0.39 is 0 Å². The number of likely N-dealkylation sites (tertiary alicyclic amines) is 1. The molecule has 1 aliphatic heterocycles. The Morgan fingerprint density at radius 1 is 1.06 bits per heavy atom. The summed E-state index contributed by atoms with van der Waals surface area (Å²) in [6.45, 7) is 6.29. The molecule has 2 fully saturated rings. The molecule has 1 saturated carbocycles. The number of rotatable bonds is 8. The van der Waals surface area contributed by atoms with Gasteiger partial charge in [-0.2, -0.15) is 0 Å². The molecular formula is C24H37ClN2O5. The summed E-state index contributed by atoms with van der Waals surface area (Å²) in [4.78, 5) is 15.3. The first-order valence-electron chi connectivity index (χ1n) is 11.5. The van der Waals surface area contributed by atoms with Gasteiger partial charge >= 0.3 is 5.76 Å². The number of piperidine rings is 1. The number of oxazole rings is 1. The average molecular weight is 469 g/mol. The van der Waals surface area contributed by atoms with Gasteiger partial charge < -0.3 is 18.6 Å². The Labute approximate surface area is 196 Å². The molecule has 2 aromatic rings. The SMILES string of the molecule is COCCOC1CCC(C)(N2CCC(n3c(=O)oc4ccc(COC)cc43)CC2)CC1.Cl. The predicted molar refractivity (Wildman–Crippen MR) is 127 cm³/mol. The molecule has 0 spiro atoms. The van der Waals surface area contributed by atoms with Crippen LogP contribution in [-0.4, -0.2) is 61.6 Å². The number of nitrogens with zero attached hydrogens (tertiary/aromatic N) is 2. The molecule has 0 bridgehead atoms. The Kier molecular flexibility index (Phi) is 8.81. The van der Waals surface area contributed by atoms with Crippen molar-refractivity contribution in [1.82, 2.24) is 9.47 Å². The van der Waals surface area contributed by atoms with Crippen LogP contribution in [0.5, 0.6) is 0 Å². The molecule has 0 amide bonds. The maximum Gasteiger partial charge on any atom is 0.420 e. The van der Waals surface area contributed by atoms with Crippen LogP contribution in [0.4, 0.5) is 0 Å². The first-order valence-corrected chi connectivity index (χ1v) is 11.5. The minimum Gasteiger partial charge on any atom is -0.408 e. The molecule has 0 unspecified atom stereocenters. The van der Waals surface area contributed by atoms with Gasteiger partial charge in [0, 0.05) is 38.9 Å². The number of methoxy groups -OCH3 is 2. The van der Waals surface area contributed by atoms with E-state index in [1.165, 1.54) is 0 Å². The lowest BCUT2D eigenvalue weighted by molar-refractivity contribution is -0.0419. The molecule has 1 aromatic heterocycles. The fraction of sp³-hybridized carbons (Fsp3) is 0.708. The Morgan fingerprint density at radius 2 is 1.78 bits per heavy atom. The molecule has 2 heterocycles. The second-order valence-electron chi connectivity index (χ2n) is 9.25. The number of halogens is 1. The number of benzene rings is 1. The zero-order chi connectivity index (χ0) is 21.8. The van der Waals surface area contributed by atoms with Crippen molar-refractivity contribution in [3.05, 3.63) is 34.3 Å². The van der Waals surface area contributed by atoms with E-state index in [2.05, 4.69) is 11.8 Å². The number of ether oxygens (including phenoxy) is 3. The normalized spacial score (nSPS) is 25.2. The van der Waals surface area contributed by atoms with Crippen molar-refractivity contribution in [3.63, 3.8) is 0 Å². The lowest BCUT2D eigenvalue weighted by atomic mass is 9.79. The van der Waals surface area contributed by atoms with Crippen LogP contribution in [-0.2, 0) is 20.8 Å². The van der Waals surface area contributed by atoms with Crippen LogP contribution in [0, 0.1) is 0 Å². The lowest BCUT2D eigenvalue weighted by Gasteiger charge is -2.48. The molecule has 1 aliphatic carbocycles. The Hall–Kier alpha value is -1.38. The van der Waals surface area contributed by atoms with Gasteiger partial charge in [-0.1, -0.05) is 6.07 Å². The van der Waals surface area contributed by atoms with E-state index in [9.17, 15) is 4.79 Å². The van der Waals surface area contributed by atoms with E-state index >= 15 is 0 Å². The summed E-state index contributed by atoms with van der Waals surface area (Å²) in [6, 6.07) is 6.05. The van der Waals surface area contributed by atoms with E-state index in [1.807, 2.05) is 22.8 Å². The lowest BCUT2D eigenvalue weighted by Crippen LogP contribution is -2.53. The molecule has 4 rings (SSSR count). The summed E-state index contributed by atoms with van der Waals surface area (Å²) >= 11 is 0. The standard InChI is InChI=1S/C24H36N2O5.ClH/c1-24(10-6-20(7-11-24)30-15-14-28-2)25-12-8-19(9-13-25)26-21-16-18(17-29-3)4-5-22(21)31-23(26)27;/h4-5,16,19-20H,6-15,17H2,1-3H3;1H. The second-order valence-corrected chi connectivity index (χ2v) is 9.25. The Morgan fingerprint density at radius 3 is 2.44 bits per heavy atom. The topological polar surface area (TPSA) is 66.1 Å². The molecule has 0 radical (unpaired) electrons. The largest absolute Gasteiger partial charge is 0.420 e. The van der Waals surface area contributed by atoms with Crippen molar-refractivity contribution < 1.29 is 18.6 Å². The highest BCUT2D eigenvalue weighted by Crippen LogP contribution is 2.38. The molecule has 1 aromatic carbocycles. The summed E-state index contributed by atoms with van der Waals surface area (Å²) in [5.41, 5.74) is 2.82. The second kappa shape index (κ2) is 11.2. The molecule has 8 heteroatoms. The minimum atomic E-state index is -0.247. The first-order chi connectivity index (χ1) is 15.0. The minimum absolute atomic E-state index is 0. The third kappa shape index (κ3) is 5.39. The highest BCUT2D eigenvalue weighted by Gasteiger charge is 2.38. The van der Waals surface area contributed by atoms with Gasteiger partial charge in [0.25, 0.3) is 0 Å². The summed E-state index contributed by atoms with van der Waals surface area (Å²) < 4.78 is 23.7. The fourth-order valence-corrected chi connectivity index (χ4v) is 5.34. The van der Waals surface area contributed by atoms with Gasteiger partial charge in [0.15, 0.2) is 5.58 Å². The van der Waals surface area contributed by atoms with Gasteiger partial charge in [-0.3, -0.25) is 9.47 Å². The average Bonchev–Trinajstić information content (AvgIpc) is 3.11. The van der Waals surface area contributed by atoms with Crippen LogP contribution in [0.2, 0.25) is 0 Å². The van der Waals surface area contributed by atoms with Crippen LogP contribution < -0.4 is 5.76 Å². The highest BCUT2D eigenvalue weighted by atomic mass is 35.5. The molecule has 32 heavy (non-hydrogen) atoms. The van der Waals surface area contributed by atoms with Crippen LogP contribution in [0.25, 0.3) is 11.1 Å². The van der Waals surface area contributed by atoms with Crippen molar-refractivity contribution in [3.8, 4) is 0 Å². The maximum atomic E-state index is 12.6.